The Morgan fingerprint density at radius 2 is 1.50 bits per heavy atom. The van der Waals surface area contributed by atoms with E-state index in [4.69, 9.17) is 14.6 Å². The van der Waals surface area contributed by atoms with Crippen LogP contribution < -0.4 is 19.1 Å². The number of amides is 1. The van der Waals surface area contributed by atoms with E-state index < -0.39 is 5.97 Å². The molecule has 9 heteroatoms. The molecule has 1 heterocycles. The maximum absolute atomic E-state index is 12.9. The summed E-state index contributed by atoms with van der Waals surface area (Å²) in [6, 6.07) is 20.4. The van der Waals surface area contributed by atoms with Crippen LogP contribution in [0.15, 0.2) is 71.6 Å². The molecule has 4 rings (SSSR count). The number of carbonyl (C=O) groups excluding carboxylic acids is 1. The molecule has 1 amide bonds. The van der Waals surface area contributed by atoms with Gasteiger partial charge < -0.3 is 29.1 Å². The Kier molecular flexibility index (Phi) is 8.22. The summed E-state index contributed by atoms with van der Waals surface area (Å²) in [4.78, 5) is 29.0. The van der Waals surface area contributed by atoms with Crippen molar-refractivity contribution in [2.75, 3.05) is 50.0 Å². The molecule has 8 nitrogen and oxygen atoms in total. The first-order chi connectivity index (χ1) is 17.4. The topological polar surface area (TPSA) is 91.3 Å². The van der Waals surface area contributed by atoms with E-state index in [0.29, 0.717) is 31.0 Å². The van der Waals surface area contributed by atoms with E-state index >= 15 is 0 Å². The molecule has 0 aliphatic carbocycles. The number of nitrogens with zero attached hydrogens (tertiary/aromatic N) is 2. The summed E-state index contributed by atoms with van der Waals surface area (Å²) in [5, 5.41) is 9.00. The van der Waals surface area contributed by atoms with Gasteiger partial charge in [-0.1, -0.05) is 0 Å². The van der Waals surface area contributed by atoms with Crippen LogP contribution in [0.3, 0.4) is 0 Å². The Morgan fingerprint density at radius 1 is 0.889 bits per heavy atom. The number of hydrogen-bond acceptors (Lipinski definition) is 7. The number of piperazine rings is 1. The number of hydrogen-bond donors (Lipinski definition) is 2. The van der Waals surface area contributed by atoms with E-state index in [1.165, 1.54) is 11.9 Å². The van der Waals surface area contributed by atoms with Gasteiger partial charge in [0.25, 0.3) is 0 Å². The van der Waals surface area contributed by atoms with E-state index in [1.807, 2.05) is 29.2 Å². The molecule has 0 aromatic heterocycles. The Labute approximate surface area is 214 Å². The molecular formula is C27H29N3O5S. The van der Waals surface area contributed by atoms with Crippen LogP contribution in [0.5, 0.6) is 11.5 Å². The fraction of sp³-hybridized carbons (Fsp3) is 0.259. The number of anilines is 2. The van der Waals surface area contributed by atoms with Gasteiger partial charge in [0.1, 0.15) is 11.5 Å². The molecule has 1 fully saturated rings. The first-order valence-electron chi connectivity index (χ1n) is 11.6. The average molecular weight is 508 g/mol. The number of carboxylic acid groups (broad SMARTS) is 1. The molecule has 188 valence electrons. The van der Waals surface area contributed by atoms with Gasteiger partial charge in [-0.15, -0.1) is 0 Å². The Morgan fingerprint density at radius 3 is 2.06 bits per heavy atom. The molecule has 36 heavy (non-hydrogen) atoms. The second-order valence-corrected chi connectivity index (χ2v) is 9.23. The van der Waals surface area contributed by atoms with E-state index in [-0.39, 0.29) is 11.5 Å². The third-order valence-corrected chi connectivity index (χ3v) is 6.87. The highest BCUT2D eigenvalue weighted by atomic mass is 32.2. The lowest BCUT2D eigenvalue weighted by Gasteiger charge is -2.36. The number of ether oxygens (including phenoxy) is 2. The number of nitrogens with one attached hydrogen (secondary N) is 1. The standard InChI is InChI=1S/C27H29N3O5S/c1-34-23-15-19(16-24(18-23)35-2)17-26(31)30-13-11-29(12-14-30)22-7-5-21(6-8-22)28-36-25-9-3-20(4-10-25)27(32)33/h3-10,15-16,18,28H,11-14,17H2,1-2H3,(H,32,33). The zero-order valence-corrected chi connectivity index (χ0v) is 21.1. The van der Waals surface area contributed by atoms with Crippen molar-refractivity contribution in [3.05, 3.63) is 77.9 Å². The van der Waals surface area contributed by atoms with Gasteiger partial charge >= 0.3 is 5.97 Å². The lowest BCUT2D eigenvalue weighted by molar-refractivity contribution is -0.130. The Balaban J connectivity index is 1.27. The van der Waals surface area contributed by atoms with E-state index in [1.54, 1.807) is 44.6 Å². The monoisotopic (exact) mass is 507 g/mol. The van der Waals surface area contributed by atoms with Crippen molar-refractivity contribution in [1.29, 1.82) is 0 Å². The summed E-state index contributed by atoms with van der Waals surface area (Å²) in [7, 11) is 3.20. The number of aromatic carboxylic acids is 1. The van der Waals surface area contributed by atoms with Gasteiger partial charge in [0.2, 0.25) is 5.91 Å². The zero-order valence-electron chi connectivity index (χ0n) is 20.3. The van der Waals surface area contributed by atoms with Crippen LogP contribution in [0.2, 0.25) is 0 Å². The van der Waals surface area contributed by atoms with E-state index in [2.05, 4.69) is 21.8 Å². The molecule has 0 saturated carbocycles. The first-order valence-corrected chi connectivity index (χ1v) is 12.4. The quantitative estimate of drug-likeness (QED) is 0.412. The van der Waals surface area contributed by atoms with Gasteiger partial charge in [0.05, 0.1) is 26.2 Å². The van der Waals surface area contributed by atoms with Crippen LogP contribution in [0, 0.1) is 0 Å². The Bertz CT molecular complexity index is 1170. The first kappa shape index (κ1) is 25.2. The molecule has 0 bridgehead atoms. The van der Waals surface area contributed by atoms with Crippen molar-refractivity contribution < 1.29 is 24.2 Å². The number of carboxylic acids is 1. The third-order valence-electron chi connectivity index (χ3n) is 6.02. The van der Waals surface area contributed by atoms with Gasteiger partial charge in [0, 0.05) is 48.5 Å². The van der Waals surface area contributed by atoms with Crippen LogP contribution in [0.1, 0.15) is 15.9 Å². The highest BCUT2D eigenvalue weighted by molar-refractivity contribution is 8.00. The highest BCUT2D eigenvalue weighted by Gasteiger charge is 2.22. The van der Waals surface area contributed by atoms with Crippen molar-refractivity contribution >= 4 is 35.2 Å². The molecule has 3 aromatic carbocycles. The van der Waals surface area contributed by atoms with Crippen LogP contribution in [-0.4, -0.2) is 62.3 Å². The Hall–Kier alpha value is -3.85. The van der Waals surface area contributed by atoms with Gasteiger partial charge in [-0.2, -0.15) is 0 Å². The van der Waals surface area contributed by atoms with Crippen LogP contribution >= 0.6 is 11.9 Å². The van der Waals surface area contributed by atoms with Crippen molar-refractivity contribution in [3.8, 4) is 11.5 Å². The molecule has 1 aliphatic rings. The summed E-state index contributed by atoms with van der Waals surface area (Å²) in [5.74, 6) is 0.513. The van der Waals surface area contributed by atoms with E-state index in [0.717, 1.165) is 34.9 Å². The van der Waals surface area contributed by atoms with Crippen molar-refractivity contribution in [3.63, 3.8) is 0 Å². The second-order valence-electron chi connectivity index (χ2n) is 8.35. The summed E-state index contributed by atoms with van der Waals surface area (Å²) >= 11 is 1.43. The summed E-state index contributed by atoms with van der Waals surface area (Å²) < 4.78 is 13.9. The number of methoxy groups -OCH3 is 2. The summed E-state index contributed by atoms with van der Waals surface area (Å²) in [6.07, 6.45) is 0.310. The molecule has 3 aromatic rings. The summed E-state index contributed by atoms with van der Waals surface area (Å²) in [6.45, 7) is 2.87. The van der Waals surface area contributed by atoms with Gasteiger partial charge in [-0.3, -0.25) is 4.79 Å². The third kappa shape index (κ3) is 6.42. The predicted octanol–water partition coefficient (Wildman–Crippen LogP) is 4.41. The minimum absolute atomic E-state index is 0.0953. The summed E-state index contributed by atoms with van der Waals surface area (Å²) in [5.41, 5.74) is 3.21. The van der Waals surface area contributed by atoms with Gasteiger partial charge in [-0.25, -0.2) is 4.79 Å². The van der Waals surface area contributed by atoms with Gasteiger partial charge in [0.15, 0.2) is 0 Å². The molecule has 1 aliphatic heterocycles. The highest BCUT2D eigenvalue weighted by Crippen LogP contribution is 2.26. The predicted molar refractivity (Wildman–Crippen MR) is 141 cm³/mol. The van der Waals surface area contributed by atoms with Gasteiger partial charge in [-0.05, 0) is 78.2 Å². The van der Waals surface area contributed by atoms with E-state index in [9.17, 15) is 9.59 Å². The average Bonchev–Trinajstić information content (AvgIpc) is 2.92. The minimum atomic E-state index is -0.933. The van der Waals surface area contributed by atoms with Crippen molar-refractivity contribution in [2.45, 2.75) is 11.3 Å². The number of carbonyl (C=O) groups is 2. The largest absolute Gasteiger partial charge is 0.497 e. The van der Waals surface area contributed by atoms with Crippen LogP contribution in [0.25, 0.3) is 0 Å². The SMILES string of the molecule is COc1cc(CC(=O)N2CCN(c3ccc(NSc4ccc(C(=O)O)cc4)cc3)CC2)cc(OC)c1. The molecule has 1 saturated heterocycles. The maximum atomic E-state index is 12.9. The van der Waals surface area contributed by atoms with Crippen molar-refractivity contribution in [1.82, 2.24) is 4.90 Å². The lowest BCUT2D eigenvalue weighted by Crippen LogP contribution is -2.49. The molecule has 2 N–H and O–H groups in total. The molecule has 0 spiro atoms. The lowest BCUT2D eigenvalue weighted by atomic mass is 10.1. The molecule has 0 radical (unpaired) electrons. The van der Waals surface area contributed by atoms with Crippen LogP contribution in [-0.2, 0) is 11.2 Å². The fourth-order valence-corrected chi connectivity index (χ4v) is 4.64. The normalized spacial score (nSPS) is 13.3. The second kappa shape index (κ2) is 11.7. The maximum Gasteiger partial charge on any atom is 0.335 e. The molecule has 0 unspecified atom stereocenters. The molecule has 0 atom stereocenters. The number of benzene rings is 3. The zero-order chi connectivity index (χ0) is 25.5. The minimum Gasteiger partial charge on any atom is -0.497 e. The smallest absolute Gasteiger partial charge is 0.335 e. The number of rotatable bonds is 9. The van der Waals surface area contributed by atoms with Crippen LogP contribution in [0.4, 0.5) is 11.4 Å². The fourth-order valence-electron chi connectivity index (χ4n) is 3.99. The molecular weight excluding hydrogens is 478 g/mol. The van der Waals surface area contributed by atoms with Crippen molar-refractivity contribution in [2.24, 2.45) is 0 Å².